The van der Waals surface area contributed by atoms with E-state index in [4.69, 9.17) is 0 Å². The molecule has 3 heteroatoms. The minimum atomic E-state index is 0.178. The standard InChI is InChI=1S/C9H18N2O/c1-2-10-9(12)7-8-5-3-4-6-11-8/h8,11H,2-7H2,1H3,(H,10,12). The third-order valence-corrected chi connectivity index (χ3v) is 2.22. The van der Waals surface area contributed by atoms with E-state index in [0.29, 0.717) is 12.5 Å². The van der Waals surface area contributed by atoms with Crippen LogP contribution in [0.25, 0.3) is 0 Å². The van der Waals surface area contributed by atoms with Crippen LogP contribution in [0.3, 0.4) is 0 Å². The number of carbonyl (C=O) groups excluding carboxylic acids is 1. The molecular weight excluding hydrogens is 152 g/mol. The molecule has 12 heavy (non-hydrogen) atoms. The highest BCUT2D eigenvalue weighted by atomic mass is 16.1. The molecular formula is C9H18N2O. The Balaban J connectivity index is 2.15. The van der Waals surface area contributed by atoms with Gasteiger partial charge in [-0.3, -0.25) is 4.79 Å². The van der Waals surface area contributed by atoms with Crippen LogP contribution in [0.5, 0.6) is 0 Å². The Morgan fingerprint density at radius 1 is 1.58 bits per heavy atom. The Bertz CT molecular complexity index is 141. The van der Waals surface area contributed by atoms with Gasteiger partial charge in [0, 0.05) is 19.0 Å². The molecule has 2 N–H and O–H groups in total. The van der Waals surface area contributed by atoms with Gasteiger partial charge in [-0.25, -0.2) is 0 Å². The third kappa shape index (κ3) is 3.22. The fraction of sp³-hybridized carbons (Fsp3) is 0.889. The van der Waals surface area contributed by atoms with Gasteiger partial charge in [-0.2, -0.15) is 0 Å². The lowest BCUT2D eigenvalue weighted by Crippen LogP contribution is -2.38. The average molecular weight is 170 g/mol. The monoisotopic (exact) mass is 170 g/mol. The molecule has 0 radical (unpaired) electrons. The van der Waals surface area contributed by atoms with Crippen LogP contribution in [0.1, 0.15) is 32.6 Å². The summed E-state index contributed by atoms with van der Waals surface area (Å²) in [7, 11) is 0. The lowest BCUT2D eigenvalue weighted by molar-refractivity contribution is -0.121. The van der Waals surface area contributed by atoms with Crippen molar-refractivity contribution in [1.82, 2.24) is 10.6 Å². The zero-order chi connectivity index (χ0) is 8.81. The molecule has 0 bridgehead atoms. The number of amides is 1. The summed E-state index contributed by atoms with van der Waals surface area (Å²) in [5.74, 6) is 0.178. The molecule has 1 aliphatic rings. The summed E-state index contributed by atoms with van der Waals surface area (Å²) in [5, 5.41) is 6.16. The van der Waals surface area contributed by atoms with Gasteiger partial charge < -0.3 is 10.6 Å². The zero-order valence-electron chi connectivity index (χ0n) is 7.73. The van der Waals surface area contributed by atoms with Crippen molar-refractivity contribution in [3.63, 3.8) is 0 Å². The quantitative estimate of drug-likeness (QED) is 0.653. The van der Waals surface area contributed by atoms with E-state index in [2.05, 4.69) is 10.6 Å². The van der Waals surface area contributed by atoms with Crippen molar-refractivity contribution >= 4 is 5.91 Å². The number of piperidine rings is 1. The van der Waals surface area contributed by atoms with Crippen molar-refractivity contribution in [2.45, 2.75) is 38.6 Å². The molecule has 1 fully saturated rings. The largest absolute Gasteiger partial charge is 0.356 e. The SMILES string of the molecule is CCNC(=O)CC1CCCCN1. The Morgan fingerprint density at radius 3 is 3.00 bits per heavy atom. The zero-order valence-corrected chi connectivity index (χ0v) is 7.73. The lowest BCUT2D eigenvalue weighted by atomic mass is 10.0. The van der Waals surface area contributed by atoms with E-state index in [1.54, 1.807) is 0 Å². The Kier molecular flexibility index (Phi) is 4.08. The summed E-state index contributed by atoms with van der Waals surface area (Å²) in [6.07, 6.45) is 4.31. The van der Waals surface area contributed by atoms with Crippen LogP contribution in [-0.2, 0) is 4.79 Å². The molecule has 0 aromatic rings. The van der Waals surface area contributed by atoms with Crippen LogP contribution in [0, 0.1) is 0 Å². The van der Waals surface area contributed by atoms with Crippen LogP contribution >= 0.6 is 0 Å². The van der Waals surface area contributed by atoms with Crippen molar-refractivity contribution in [2.24, 2.45) is 0 Å². The van der Waals surface area contributed by atoms with Gasteiger partial charge in [0.2, 0.25) is 5.91 Å². The van der Waals surface area contributed by atoms with Crippen molar-refractivity contribution < 1.29 is 4.79 Å². The summed E-state index contributed by atoms with van der Waals surface area (Å²) < 4.78 is 0. The van der Waals surface area contributed by atoms with Crippen LogP contribution in [0.2, 0.25) is 0 Å². The highest BCUT2D eigenvalue weighted by Crippen LogP contribution is 2.09. The second-order valence-corrected chi connectivity index (χ2v) is 3.30. The minimum Gasteiger partial charge on any atom is -0.356 e. The molecule has 3 nitrogen and oxygen atoms in total. The topological polar surface area (TPSA) is 41.1 Å². The maximum absolute atomic E-state index is 11.2. The Hall–Kier alpha value is -0.570. The van der Waals surface area contributed by atoms with Gasteiger partial charge in [0.15, 0.2) is 0 Å². The van der Waals surface area contributed by atoms with Crippen LogP contribution < -0.4 is 10.6 Å². The van der Waals surface area contributed by atoms with E-state index in [1.807, 2.05) is 6.92 Å². The first-order valence-corrected chi connectivity index (χ1v) is 4.83. The molecule has 0 aromatic heterocycles. The van der Waals surface area contributed by atoms with Gasteiger partial charge >= 0.3 is 0 Å². The van der Waals surface area contributed by atoms with E-state index >= 15 is 0 Å². The van der Waals surface area contributed by atoms with Gasteiger partial charge in [-0.1, -0.05) is 6.42 Å². The Labute approximate surface area is 73.9 Å². The molecule has 0 spiro atoms. The summed E-state index contributed by atoms with van der Waals surface area (Å²) in [4.78, 5) is 11.2. The van der Waals surface area contributed by atoms with Gasteiger partial charge in [-0.05, 0) is 26.3 Å². The van der Waals surface area contributed by atoms with Crippen molar-refractivity contribution in [3.8, 4) is 0 Å². The second-order valence-electron chi connectivity index (χ2n) is 3.30. The molecule has 1 amide bonds. The number of nitrogens with one attached hydrogen (secondary N) is 2. The first-order chi connectivity index (χ1) is 5.83. The molecule has 1 rings (SSSR count). The molecule has 0 aliphatic carbocycles. The van der Waals surface area contributed by atoms with Gasteiger partial charge in [0.1, 0.15) is 0 Å². The number of hydrogen-bond donors (Lipinski definition) is 2. The predicted molar refractivity (Wildman–Crippen MR) is 48.9 cm³/mol. The second kappa shape index (κ2) is 5.14. The number of rotatable bonds is 3. The molecule has 1 unspecified atom stereocenters. The fourth-order valence-corrected chi connectivity index (χ4v) is 1.59. The summed E-state index contributed by atoms with van der Waals surface area (Å²) in [6.45, 7) is 3.77. The van der Waals surface area contributed by atoms with E-state index < -0.39 is 0 Å². The lowest BCUT2D eigenvalue weighted by Gasteiger charge is -2.22. The third-order valence-electron chi connectivity index (χ3n) is 2.22. The fourth-order valence-electron chi connectivity index (χ4n) is 1.59. The van der Waals surface area contributed by atoms with E-state index in [9.17, 15) is 4.79 Å². The molecule has 70 valence electrons. The van der Waals surface area contributed by atoms with Gasteiger partial charge in [0.05, 0.1) is 0 Å². The van der Waals surface area contributed by atoms with Gasteiger partial charge in [0.25, 0.3) is 0 Å². The molecule has 0 aromatic carbocycles. The maximum atomic E-state index is 11.2. The van der Waals surface area contributed by atoms with E-state index in [1.165, 1.54) is 12.8 Å². The van der Waals surface area contributed by atoms with Crippen molar-refractivity contribution in [2.75, 3.05) is 13.1 Å². The molecule has 1 atom stereocenters. The summed E-state index contributed by atoms with van der Waals surface area (Å²) in [6, 6.07) is 0.422. The minimum absolute atomic E-state index is 0.178. The van der Waals surface area contributed by atoms with Gasteiger partial charge in [-0.15, -0.1) is 0 Å². The molecule has 0 saturated carbocycles. The van der Waals surface area contributed by atoms with E-state index in [0.717, 1.165) is 19.5 Å². The maximum Gasteiger partial charge on any atom is 0.221 e. The van der Waals surface area contributed by atoms with Crippen LogP contribution in [0.15, 0.2) is 0 Å². The molecule has 1 saturated heterocycles. The van der Waals surface area contributed by atoms with Crippen LogP contribution in [0.4, 0.5) is 0 Å². The van der Waals surface area contributed by atoms with E-state index in [-0.39, 0.29) is 5.91 Å². The molecule has 1 aliphatic heterocycles. The first kappa shape index (κ1) is 9.52. The number of carbonyl (C=O) groups is 1. The van der Waals surface area contributed by atoms with Crippen molar-refractivity contribution in [1.29, 1.82) is 0 Å². The number of hydrogen-bond acceptors (Lipinski definition) is 2. The first-order valence-electron chi connectivity index (χ1n) is 4.83. The average Bonchev–Trinajstić information content (AvgIpc) is 2.06. The highest BCUT2D eigenvalue weighted by Gasteiger charge is 2.15. The molecule has 1 heterocycles. The normalized spacial score (nSPS) is 23.6. The Morgan fingerprint density at radius 2 is 2.42 bits per heavy atom. The highest BCUT2D eigenvalue weighted by molar-refractivity contribution is 5.76. The van der Waals surface area contributed by atoms with Crippen LogP contribution in [-0.4, -0.2) is 25.0 Å². The summed E-state index contributed by atoms with van der Waals surface area (Å²) in [5.41, 5.74) is 0. The van der Waals surface area contributed by atoms with Crippen molar-refractivity contribution in [3.05, 3.63) is 0 Å². The predicted octanol–water partition coefficient (Wildman–Crippen LogP) is 0.655. The summed E-state index contributed by atoms with van der Waals surface area (Å²) >= 11 is 0. The smallest absolute Gasteiger partial charge is 0.221 e.